The first-order valence-corrected chi connectivity index (χ1v) is 7.43. The molecule has 1 rings (SSSR count). The summed E-state index contributed by atoms with van der Waals surface area (Å²) in [4.78, 5) is 14.7. The van der Waals surface area contributed by atoms with Crippen molar-refractivity contribution in [3.63, 3.8) is 0 Å². The van der Waals surface area contributed by atoms with Crippen LogP contribution in [0, 0.1) is 5.41 Å². The zero-order valence-corrected chi connectivity index (χ0v) is 13.3. The minimum absolute atomic E-state index is 0.0744. The summed E-state index contributed by atoms with van der Waals surface area (Å²) in [5, 5.41) is 0. The molecular formula is C15H30N2O2. The van der Waals surface area contributed by atoms with E-state index in [9.17, 15) is 4.79 Å². The number of hydrogen-bond acceptors (Lipinski definition) is 3. The molecule has 4 heteroatoms. The molecule has 1 saturated carbocycles. The summed E-state index contributed by atoms with van der Waals surface area (Å²) in [5.41, 5.74) is 5.35. The maximum absolute atomic E-state index is 12.8. The maximum Gasteiger partial charge on any atom is 0.243 e. The standard InChI is InChI=1S/C15H30N2O2/c1-7-9-17(11(3)4)13(18)15(16)10-12(19-8-2)14(15,5)6/h11-12H,7-10,16H2,1-6H3. The minimum Gasteiger partial charge on any atom is -0.378 e. The van der Waals surface area contributed by atoms with Gasteiger partial charge in [0.2, 0.25) is 5.91 Å². The van der Waals surface area contributed by atoms with Crippen molar-refractivity contribution in [1.82, 2.24) is 4.90 Å². The van der Waals surface area contributed by atoms with Crippen molar-refractivity contribution in [2.75, 3.05) is 13.2 Å². The quantitative estimate of drug-likeness (QED) is 0.804. The lowest BCUT2D eigenvalue weighted by Gasteiger charge is -2.59. The molecule has 0 saturated heterocycles. The van der Waals surface area contributed by atoms with Crippen molar-refractivity contribution in [2.45, 2.75) is 72.1 Å². The molecule has 0 aromatic heterocycles. The molecule has 112 valence electrons. The van der Waals surface area contributed by atoms with E-state index in [1.807, 2.05) is 39.5 Å². The third-order valence-corrected chi connectivity index (χ3v) is 4.56. The summed E-state index contributed by atoms with van der Waals surface area (Å²) in [6, 6.07) is 0.190. The summed E-state index contributed by atoms with van der Waals surface area (Å²) >= 11 is 0. The van der Waals surface area contributed by atoms with Crippen molar-refractivity contribution < 1.29 is 9.53 Å². The van der Waals surface area contributed by atoms with Crippen molar-refractivity contribution in [3.8, 4) is 0 Å². The summed E-state index contributed by atoms with van der Waals surface area (Å²) in [6.45, 7) is 13.7. The van der Waals surface area contributed by atoms with Crippen LogP contribution in [0.5, 0.6) is 0 Å². The monoisotopic (exact) mass is 270 g/mol. The third-order valence-electron chi connectivity index (χ3n) is 4.56. The van der Waals surface area contributed by atoms with Crippen LogP contribution in [-0.4, -0.2) is 41.6 Å². The van der Waals surface area contributed by atoms with Gasteiger partial charge in [0.15, 0.2) is 0 Å². The Morgan fingerprint density at radius 2 is 2.00 bits per heavy atom. The van der Waals surface area contributed by atoms with Gasteiger partial charge in [-0.15, -0.1) is 0 Å². The van der Waals surface area contributed by atoms with E-state index >= 15 is 0 Å². The van der Waals surface area contributed by atoms with Gasteiger partial charge in [0.1, 0.15) is 5.54 Å². The Kier molecular flexibility index (Phi) is 5.02. The van der Waals surface area contributed by atoms with E-state index in [0.29, 0.717) is 13.0 Å². The Labute approximate surface area is 117 Å². The number of carbonyl (C=O) groups excluding carboxylic acids is 1. The Morgan fingerprint density at radius 3 is 2.37 bits per heavy atom. The molecule has 0 heterocycles. The van der Waals surface area contributed by atoms with Crippen LogP contribution in [0.4, 0.5) is 0 Å². The number of nitrogens with two attached hydrogens (primary N) is 1. The normalized spacial score (nSPS) is 29.2. The van der Waals surface area contributed by atoms with Gasteiger partial charge in [-0.2, -0.15) is 0 Å². The van der Waals surface area contributed by atoms with Gasteiger partial charge in [-0.05, 0) is 27.2 Å². The molecule has 19 heavy (non-hydrogen) atoms. The number of carbonyl (C=O) groups is 1. The Balaban J connectivity index is 2.87. The van der Waals surface area contributed by atoms with Gasteiger partial charge >= 0.3 is 0 Å². The van der Waals surface area contributed by atoms with Crippen molar-refractivity contribution >= 4 is 5.91 Å². The predicted octanol–water partition coefficient (Wildman–Crippen LogP) is 2.17. The first kappa shape index (κ1) is 16.4. The molecule has 1 fully saturated rings. The van der Waals surface area contributed by atoms with Crippen LogP contribution in [0.25, 0.3) is 0 Å². The van der Waals surface area contributed by atoms with Crippen LogP contribution in [0.15, 0.2) is 0 Å². The Hall–Kier alpha value is -0.610. The lowest BCUT2D eigenvalue weighted by molar-refractivity contribution is -0.180. The molecule has 1 aliphatic carbocycles. The minimum atomic E-state index is -0.785. The van der Waals surface area contributed by atoms with Gasteiger partial charge in [-0.1, -0.05) is 20.8 Å². The second-order valence-electron chi connectivity index (χ2n) is 6.43. The highest BCUT2D eigenvalue weighted by molar-refractivity contribution is 5.89. The molecule has 1 amide bonds. The Morgan fingerprint density at radius 1 is 1.42 bits per heavy atom. The molecule has 4 nitrogen and oxygen atoms in total. The first-order chi connectivity index (χ1) is 8.72. The van der Waals surface area contributed by atoms with Gasteiger partial charge < -0.3 is 15.4 Å². The third kappa shape index (κ3) is 2.65. The second-order valence-corrected chi connectivity index (χ2v) is 6.43. The molecule has 2 unspecified atom stereocenters. The van der Waals surface area contributed by atoms with Crippen molar-refractivity contribution in [2.24, 2.45) is 11.1 Å². The summed E-state index contributed by atoms with van der Waals surface area (Å²) in [6.07, 6.45) is 1.66. The number of ether oxygens (including phenoxy) is 1. The molecule has 0 spiro atoms. The SMILES string of the molecule is CCCN(C(=O)C1(N)CC(OCC)C1(C)C)C(C)C. The fourth-order valence-corrected chi connectivity index (χ4v) is 2.89. The summed E-state index contributed by atoms with van der Waals surface area (Å²) < 4.78 is 5.69. The van der Waals surface area contributed by atoms with Gasteiger partial charge in [0, 0.05) is 31.0 Å². The lowest BCUT2D eigenvalue weighted by Crippen LogP contribution is -2.76. The highest BCUT2D eigenvalue weighted by atomic mass is 16.5. The predicted molar refractivity (Wildman–Crippen MR) is 77.9 cm³/mol. The van der Waals surface area contributed by atoms with Gasteiger partial charge in [-0.3, -0.25) is 4.79 Å². The number of hydrogen-bond donors (Lipinski definition) is 1. The lowest BCUT2D eigenvalue weighted by atomic mass is 9.54. The van der Waals surface area contributed by atoms with E-state index in [0.717, 1.165) is 13.0 Å². The van der Waals surface area contributed by atoms with Crippen LogP contribution in [0.3, 0.4) is 0 Å². The topological polar surface area (TPSA) is 55.6 Å². The molecule has 0 aliphatic heterocycles. The van der Waals surface area contributed by atoms with Crippen LogP contribution < -0.4 is 5.73 Å². The highest BCUT2D eigenvalue weighted by Crippen LogP contribution is 2.50. The summed E-state index contributed by atoms with van der Waals surface area (Å²) in [5.74, 6) is 0.0744. The van der Waals surface area contributed by atoms with Gasteiger partial charge in [0.05, 0.1) is 6.10 Å². The van der Waals surface area contributed by atoms with E-state index < -0.39 is 5.54 Å². The van der Waals surface area contributed by atoms with E-state index in [4.69, 9.17) is 10.5 Å². The number of amides is 1. The zero-order valence-electron chi connectivity index (χ0n) is 13.3. The fourth-order valence-electron chi connectivity index (χ4n) is 2.89. The first-order valence-electron chi connectivity index (χ1n) is 7.43. The van der Waals surface area contributed by atoms with Crippen LogP contribution in [0.1, 0.15) is 54.4 Å². The number of nitrogens with zero attached hydrogens (tertiary/aromatic N) is 1. The molecular weight excluding hydrogens is 240 g/mol. The molecule has 2 N–H and O–H groups in total. The molecule has 0 bridgehead atoms. The largest absolute Gasteiger partial charge is 0.378 e. The average molecular weight is 270 g/mol. The highest BCUT2D eigenvalue weighted by Gasteiger charge is 2.63. The van der Waals surface area contributed by atoms with E-state index in [2.05, 4.69) is 6.92 Å². The number of rotatable bonds is 6. The van der Waals surface area contributed by atoms with E-state index in [-0.39, 0.29) is 23.5 Å². The van der Waals surface area contributed by atoms with Gasteiger partial charge in [0.25, 0.3) is 0 Å². The average Bonchev–Trinajstić information content (AvgIpc) is 2.34. The second kappa shape index (κ2) is 5.80. The van der Waals surface area contributed by atoms with Crippen LogP contribution in [-0.2, 0) is 9.53 Å². The van der Waals surface area contributed by atoms with Gasteiger partial charge in [-0.25, -0.2) is 0 Å². The van der Waals surface area contributed by atoms with Crippen molar-refractivity contribution in [1.29, 1.82) is 0 Å². The molecule has 1 aliphatic rings. The molecule has 0 radical (unpaired) electrons. The maximum atomic E-state index is 12.8. The van der Waals surface area contributed by atoms with E-state index in [1.165, 1.54) is 0 Å². The van der Waals surface area contributed by atoms with Crippen LogP contribution in [0.2, 0.25) is 0 Å². The van der Waals surface area contributed by atoms with E-state index in [1.54, 1.807) is 0 Å². The van der Waals surface area contributed by atoms with Crippen molar-refractivity contribution in [3.05, 3.63) is 0 Å². The molecule has 0 aromatic carbocycles. The molecule has 2 atom stereocenters. The Bertz CT molecular complexity index is 328. The molecule has 0 aromatic rings. The fraction of sp³-hybridized carbons (Fsp3) is 0.933. The van der Waals surface area contributed by atoms with Crippen LogP contribution >= 0.6 is 0 Å². The zero-order chi connectivity index (χ0) is 14.8. The summed E-state index contributed by atoms with van der Waals surface area (Å²) in [7, 11) is 0. The smallest absolute Gasteiger partial charge is 0.243 e.